The van der Waals surface area contributed by atoms with Gasteiger partial charge in [0, 0.05) is 11.7 Å². The van der Waals surface area contributed by atoms with Gasteiger partial charge in [0.1, 0.15) is 11.4 Å². The molecule has 0 radical (unpaired) electrons. The van der Waals surface area contributed by atoms with E-state index in [-0.39, 0.29) is 22.2 Å². The largest absolute Gasteiger partial charge is 0.399 e. The number of carbonyl (C=O) groups excluding carboxylic acids is 2. The average Bonchev–Trinajstić information content (AvgIpc) is 3.15. The molecule has 1 aromatic carbocycles. The van der Waals surface area contributed by atoms with E-state index in [1.807, 2.05) is 0 Å². The summed E-state index contributed by atoms with van der Waals surface area (Å²) in [4.78, 5) is 23.7. The number of amides is 2. The van der Waals surface area contributed by atoms with Crippen molar-refractivity contribution in [1.82, 2.24) is 9.62 Å². The zero-order chi connectivity index (χ0) is 14.5. The zero-order valence-electron chi connectivity index (χ0n) is 10.5. The molecular weight excluding hydrogens is 282 g/mol. The van der Waals surface area contributed by atoms with E-state index < -0.39 is 28.4 Å². The molecule has 1 aliphatic heterocycles. The van der Waals surface area contributed by atoms with Crippen LogP contribution in [0.25, 0.3) is 0 Å². The fourth-order valence-electron chi connectivity index (χ4n) is 2.08. The van der Waals surface area contributed by atoms with Crippen LogP contribution < -0.4 is 11.1 Å². The number of carbonyl (C=O) groups is 2. The number of nitrogens with two attached hydrogens (primary N) is 1. The van der Waals surface area contributed by atoms with Gasteiger partial charge in [-0.25, -0.2) is 12.7 Å². The van der Waals surface area contributed by atoms with E-state index in [4.69, 9.17) is 5.73 Å². The first-order valence-electron chi connectivity index (χ1n) is 6.15. The van der Waals surface area contributed by atoms with Crippen LogP contribution in [0.1, 0.15) is 23.2 Å². The summed E-state index contributed by atoms with van der Waals surface area (Å²) in [6, 6.07) is 4.17. The summed E-state index contributed by atoms with van der Waals surface area (Å²) in [5.74, 6) is -1.16. The Morgan fingerprint density at radius 1 is 1.40 bits per heavy atom. The van der Waals surface area contributed by atoms with Crippen molar-refractivity contribution in [3.8, 4) is 0 Å². The van der Waals surface area contributed by atoms with Crippen molar-refractivity contribution in [3.05, 3.63) is 23.8 Å². The molecule has 1 aliphatic carbocycles. The number of anilines is 1. The van der Waals surface area contributed by atoms with Gasteiger partial charge in [0.2, 0.25) is 5.91 Å². The second kappa shape index (κ2) is 4.20. The predicted molar refractivity (Wildman–Crippen MR) is 70.2 cm³/mol. The molecule has 0 aromatic heterocycles. The molecule has 0 atom stereocenters. The number of nitrogens with one attached hydrogen (secondary N) is 1. The summed E-state index contributed by atoms with van der Waals surface area (Å²) >= 11 is 0. The van der Waals surface area contributed by atoms with Gasteiger partial charge in [-0.1, -0.05) is 0 Å². The Bertz CT molecular complexity index is 709. The summed E-state index contributed by atoms with van der Waals surface area (Å²) in [6.07, 6.45) is 1.78. The van der Waals surface area contributed by atoms with E-state index in [1.54, 1.807) is 0 Å². The number of benzene rings is 1. The van der Waals surface area contributed by atoms with E-state index >= 15 is 0 Å². The number of fused-ring (bicyclic) bond motifs is 1. The molecule has 0 saturated heterocycles. The maximum Gasteiger partial charge on any atom is 0.269 e. The van der Waals surface area contributed by atoms with Crippen molar-refractivity contribution >= 4 is 27.5 Å². The van der Waals surface area contributed by atoms with Gasteiger partial charge >= 0.3 is 0 Å². The van der Waals surface area contributed by atoms with E-state index in [1.165, 1.54) is 18.2 Å². The van der Waals surface area contributed by atoms with Gasteiger partial charge in [-0.15, -0.1) is 0 Å². The summed E-state index contributed by atoms with van der Waals surface area (Å²) < 4.78 is 25.1. The lowest BCUT2D eigenvalue weighted by molar-refractivity contribution is -0.121. The van der Waals surface area contributed by atoms with Crippen LogP contribution in [0.5, 0.6) is 0 Å². The summed E-state index contributed by atoms with van der Waals surface area (Å²) in [5.41, 5.74) is 5.85. The Morgan fingerprint density at radius 3 is 2.75 bits per heavy atom. The summed E-state index contributed by atoms with van der Waals surface area (Å²) in [6.45, 7) is -0.494. The minimum absolute atomic E-state index is 0.0541. The third kappa shape index (κ3) is 2.01. The highest BCUT2D eigenvalue weighted by Gasteiger charge is 2.42. The second-order valence-corrected chi connectivity index (χ2v) is 6.74. The lowest BCUT2D eigenvalue weighted by Crippen LogP contribution is -2.41. The highest BCUT2D eigenvalue weighted by Crippen LogP contribution is 2.31. The van der Waals surface area contributed by atoms with Gasteiger partial charge in [-0.2, -0.15) is 0 Å². The van der Waals surface area contributed by atoms with Gasteiger partial charge in [0.05, 0.1) is 5.56 Å². The molecule has 1 fully saturated rings. The van der Waals surface area contributed by atoms with Gasteiger partial charge in [0.25, 0.3) is 15.9 Å². The third-order valence-corrected chi connectivity index (χ3v) is 5.03. The summed E-state index contributed by atoms with van der Waals surface area (Å²) in [5, 5.41) is 2.66. The van der Waals surface area contributed by atoms with E-state index in [0.717, 1.165) is 12.8 Å². The topological polar surface area (TPSA) is 110 Å². The number of hydrogen-bond acceptors (Lipinski definition) is 5. The molecule has 2 amide bonds. The van der Waals surface area contributed by atoms with Crippen molar-refractivity contribution in [2.24, 2.45) is 0 Å². The Kier molecular flexibility index (Phi) is 2.72. The van der Waals surface area contributed by atoms with Gasteiger partial charge < -0.3 is 11.1 Å². The van der Waals surface area contributed by atoms with Crippen LogP contribution in [0, 0.1) is 0 Å². The molecule has 1 aromatic rings. The maximum absolute atomic E-state index is 12.3. The maximum atomic E-state index is 12.3. The fraction of sp³-hybridized carbons (Fsp3) is 0.333. The Balaban J connectivity index is 1.90. The van der Waals surface area contributed by atoms with Crippen molar-refractivity contribution in [1.29, 1.82) is 0 Å². The first-order valence-corrected chi connectivity index (χ1v) is 7.59. The van der Waals surface area contributed by atoms with Crippen LogP contribution in [-0.4, -0.2) is 37.1 Å². The highest BCUT2D eigenvalue weighted by atomic mass is 32.2. The molecule has 3 rings (SSSR count). The highest BCUT2D eigenvalue weighted by molar-refractivity contribution is 7.90. The minimum Gasteiger partial charge on any atom is -0.399 e. The predicted octanol–water partition coefficient (Wildman–Crippen LogP) is -0.308. The van der Waals surface area contributed by atoms with Gasteiger partial charge in [-0.05, 0) is 31.0 Å². The summed E-state index contributed by atoms with van der Waals surface area (Å²) in [7, 11) is -3.99. The average molecular weight is 295 g/mol. The molecule has 0 unspecified atom stereocenters. The van der Waals surface area contributed by atoms with Crippen molar-refractivity contribution in [2.45, 2.75) is 23.8 Å². The van der Waals surface area contributed by atoms with Crippen molar-refractivity contribution in [2.75, 3.05) is 12.3 Å². The molecular formula is C12H13N3O4S. The number of hydrogen-bond donors (Lipinski definition) is 2. The number of sulfonamides is 1. The van der Waals surface area contributed by atoms with Gasteiger partial charge in [0.15, 0.2) is 0 Å². The molecule has 0 bridgehead atoms. The number of rotatable bonds is 3. The Labute approximate surface area is 115 Å². The van der Waals surface area contributed by atoms with Crippen LogP contribution in [0.2, 0.25) is 0 Å². The molecule has 3 N–H and O–H groups in total. The monoisotopic (exact) mass is 295 g/mol. The number of nitrogens with zero attached hydrogens (tertiary/aromatic N) is 1. The van der Waals surface area contributed by atoms with Crippen LogP contribution in [0.3, 0.4) is 0 Å². The lowest BCUT2D eigenvalue weighted by Gasteiger charge is -2.14. The van der Waals surface area contributed by atoms with Crippen molar-refractivity contribution in [3.63, 3.8) is 0 Å². The quantitative estimate of drug-likeness (QED) is 0.743. The Hall–Kier alpha value is -2.09. The molecule has 106 valence electrons. The standard InChI is InChI=1S/C12H13N3O4S/c13-7-1-4-9-10(5-7)20(18,19)15(12(9)17)6-11(16)14-8-2-3-8/h1,4-5,8H,2-3,6,13H2,(H,14,16). The van der Waals surface area contributed by atoms with Crippen LogP contribution >= 0.6 is 0 Å². The van der Waals surface area contributed by atoms with Crippen LogP contribution in [0.4, 0.5) is 5.69 Å². The first kappa shape index (κ1) is 12.9. The molecule has 2 aliphatic rings. The molecule has 1 heterocycles. The normalized spacial score (nSPS) is 19.8. The van der Waals surface area contributed by atoms with Crippen LogP contribution in [0.15, 0.2) is 23.1 Å². The van der Waals surface area contributed by atoms with E-state index in [2.05, 4.69) is 5.32 Å². The molecule has 0 spiro atoms. The van der Waals surface area contributed by atoms with E-state index in [0.29, 0.717) is 4.31 Å². The molecule has 8 heteroatoms. The van der Waals surface area contributed by atoms with Crippen LogP contribution in [-0.2, 0) is 14.8 Å². The number of nitrogen functional groups attached to an aromatic ring is 1. The molecule has 1 saturated carbocycles. The molecule has 7 nitrogen and oxygen atoms in total. The third-order valence-electron chi connectivity index (χ3n) is 3.26. The second-order valence-electron chi connectivity index (χ2n) is 4.91. The fourth-order valence-corrected chi connectivity index (χ4v) is 3.64. The Morgan fingerprint density at radius 2 is 2.10 bits per heavy atom. The first-order chi connectivity index (χ1) is 9.39. The van der Waals surface area contributed by atoms with Gasteiger partial charge in [-0.3, -0.25) is 9.59 Å². The smallest absolute Gasteiger partial charge is 0.269 e. The van der Waals surface area contributed by atoms with E-state index in [9.17, 15) is 18.0 Å². The van der Waals surface area contributed by atoms with Crippen molar-refractivity contribution < 1.29 is 18.0 Å². The minimum atomic E-state index is -3.99. The SMILES string of the molecule is Nc1ccc2c(c1)S(=O)(=O)N(CC(=O)NC1CC1)C2=O. The lowest BCUT2D eigenvalue weighted by atomic mass is 10.2. The molecule has 20 heavy (non-hydrogen) atoms. The zero-order valence-corrected chi connectivity index (χ0v) is 11.3.